The van der Waals surface area contributed by atoms with Crippen molar-refractivity contribution in [3.8, 4) is 0 Å². The van der Waals surface area contributed by atoms with Gasteiger partial charge in [0.25, 0.3) is 5.91 Å². The molecule has 0 heterocycles. The van der Waals surface area contributed by atoms with E-state index in [1.807, 2.05) is 0 Å². The second-order valence-electron chi connectivity index (χ2n) is 4.79. The molecule has 0 unspecified atom stereocenters. The molecule has 0 atom stereocenters. The molecule has 1 aromatic carbocycles. The third kappa shape index (κ3) is 3.26. The van der Waals surface area contributed by atoms with Crippen LogP contribution in [0.25, 0.3) is 0 Å². The molecule has 0 saturated heterocycles. The molecule has 1 N–H and O–H groups in total. The number of benzene rings is 1. The lowest BCUT2D eigenvalue weighted by Gasteiger charge is -2.22. The number of nitrogens with zero attached hydrogens (tertiary/aromatic N) is 1. The van der Waals surface area contributed by atoms with Crippen LogP contribution < -0.4 is 0 Å². The normalized spacial score (nSPS) is 14.2. The quantitative estimate of drug-likeness (QED) is 0.903. The number of halogens is 1. The third-order valence-corrected chi connectivity index (χ3v) is 3.72. The number of carboxylic acid groups (broad SMARTS) is 1. The number of carboxylic acids is 1. The zero-order valence-corrected chi connectivity index (χ0v) is 11.5. The molecule has 1 saturated carbocycles. The minimum absolute atomic E-state index is 0.0259. The Labute approximate surface area is 117 Å². The smallest absolute Gasteiger partial charge is 0.305 e. The number of carbonyl (C=O) groups is 2. The maximum atomic E-state index is 12.5. The van der Waals surface area contributed by atoms with Crippen molar-refractivity contribution in [3.05, 3.63) is 34.3 Å². The molecule has 0 radical (unpaired) electrons. The number of amides is 1. The lowest BCUT2D eigenvalue weighted by atomic mass is 10.1. The SMILES string of the molecule is Cc1c(Cl)cccc1C(=O)N(CCC(=O)O)C1CC1. The molecule has 1 amide bonds. The van der Waals surface area contributed by atoms with Crippen molar-refractivity contribution in [3.63, 3.8) is 0 Å². The van der Waals surface area contributed by atoms with Gasteiger partial charge in [-0.25, -0.2) is 0 Å². The van der Waals surface area contributed by atoms with Gasteiger partial charge < -0.3 is 10.0 Å². The summed E-state index contributed by atoms with van der Waals surface area (Å²) in [6.45, 7) is 2.06. The van der Waals surface area contributed by atoms with Crippen LogP contribution in [0.1, 0.15) is 35.2 Å². The number of hydrogen-bond acceptors (Lipinski definition) is 2. The summed E-state index contributed by atoms with van der Waals surface area (Å²) in [7, 11) is 0. The van der Waals surface area contributed by atoms with E-state index in [9.17, 15) is 9.59 Å². The van der Waals surface area contributed by atoms with E-state index in [2.05, 4.69) is 0 Å². The van der Waals surface area contributed by atoms with Crippen molar-refractivity contribution in [2.24, 2.45) is 0 Å². The molecule has 1 aromatic rings. The first-order valence-electron chi connectivity index (χ1n) is 6.28. The molecule has 2 rings (SSSR count). The van der Waals surface area contributed by atoms with Gasteiger partial charge in [0.1, 0.15) is 0 Å². The van der Waals surface area contributed by atoms with Crippen LogP contribution in [-0.2, 0) is 4.79 Å². The Hall–Kier alpha value is -1.55. The molecule has 19 heavy (non-hydrogen) atoms. The Morgan fingerprint density at radius 2 is 2.11 bits per heavy atom. The van der Waals surface area contributed by atoms with Crippen molar-refractivity contribution in [2.75, 3.05) is 6.54 Å². The molecule has 0 bridgehead atoms. The zero-order valence-electron chi connectivity index (χ0n) is 10.7. The average Bonchev–Trinajstić information content (AvgIpc) is 3.17. The maximum absolute atomic E-state index is 12.5. The lowest BCUT2D eigenvalue weighted by molar-refractivity contribution is -0.137. The van der Waals surface area contributed by atoms with Crippen molar-refractivity contribution in [2.45, 2.75) is 32.2 Å². The third-order valence-electron chi connectivity index (χ3n) is 3.31. The highest BCUT2D eigenvalue weighted by molar-refractivity contribution is 6.31. The highest BCUT2D eigenvalue weighted by Crippen LogP contribution is 2.30. The van der Waals surface area contributed by atoms with Gasteiger partial charge in [0.2, 0.25) is 0 Å². The summed E-state index contributed by atoms with van der Waals surface area (Å²) >= 11 is 6.02. The molecule has 1 aliphatic rings. The van der Waals surface area contributed by atoms with Gasteiger partial charge in [-0.2, -0.15) is 0 Å². The van der Waals surface area contributed by atoms with Crippen LogP contribution in [0.15, 0.2) is 18.2 Å². The first kappa shape index (κ1) is 13.9. The fourth-order valence-corrected chi connectivity index (χ4v) is 2.22. The first-order valence-corrected chi connectivity index (χ1v) is 6.66. The number of hydrogen-bond donors (Lipinski definition) is 1. The monoisotopic (exact) mass is 281 g/mol. The van der Waals surface area contributed by atoms with Crippen LogP contribution in [-0.4, -0.2) is 34.5 Å². The van der Waals surface area contributed by atoms with E-state index in [1.54, 1.807) is 30.0 Å². The van der Waals surface area contributed by atoms with Crippen LogP contribution in [0.3, 0.4) is 0 Å². The molecule has 5 heteroatoms. The summed E-state index contributed by atoms with van der Waals surface area (Å²) in [6, 6.07) is 5.40. The van der Waals surface area contributed by atoms with Crippen molar-refractivity contribution in [1.29, 1.82) is 0 Å². The predicted octanol–water partition coefficient (Wildman–Crippen LogP) is 2.73. The Kier molecular flexibility index (Phi) is 4.10. The highest BCUT2D eigenvalue weighted by atomic mass is 35.5. The number of rotatable bonds is 5. The summed E-state index contributed by atoms with van der Waals surface area (Å²) in [5.74, 6) is -1.01. The van der Waals surface area contributed by atoms with Crippen molar-refractivity contribution in [1.82, 2.24) is 4.90 Å². The standard InChI is InChI=1S/C14H16ClNO3/c1-9-11(3-2-4-12(9)15)14(19)16(10-5-6-10)8-7-13(17)18/h2-4,10H,5-8H2,1H3,(H,17,18). The van der Waals surface area contributed by atoms with Gasteiger partial charge in [-0.15, -0.1) is 0 Å². The second kappa shape index (κ2) is 5.61. The Morgan fingerprint density at radius 1 is 1.42 bits per heavy atom. The summed E-state index contributed by atoms with van der Waals surface area (Å²) in [6.07, 6.45) is 1.87. The summed E-state index contributed by atoms with van der Waals surface area (Å²) < 4.78 is 0. The van der Waals surface area contributed by atoms with Gasteiger partial charge in [-0.05, 0) is 37.5 Å². The van der Waals surface area contributed by atoms with Gasteiger partial charge >= 0.3 is 5.97 Å². The van der Waals surface area contributed by atoms with E-state index < -0.39 is 5.97 Å². The van der Waals surface area contributed by atoms with E-state index >= 15 is 0 Å². The van der Waals surface area contributed by atoms with Crippen molar-refractivity contribution >= 4 is 23.5 Å². The summed E-state index contributed by atoms with van der Waals surface area (Å²) in [5.41, 5.74) is 1.31. The topological polar surface area (TPSA) is 57.6 Å². The Morgan fingerprint density at radius 3 is 2.68 bits per heavy atom. The van der Waals surface area contributed by atoms with E-state index in [1.165, 1.54) is 0 Å². The van der Waals surface area contributed by atoms with Crippen LogP contribution in [0.2, 0.25) is 5.02 Å². The molecule has 1 fully saturated rings. The minimum Gasteiger partial charge on any atom is -0.481 e. The van der Waals surface area contributed by atoms with E-state index in [0.717, 1.165) is 18.4 Å². The Balaban J connectivity index is 2.19. The van der Waals surface area contributed by atoms with Crippen LogP contribution >= 0.6 is 11.6 Å². The van der Waals surface area contributed by atoms with Crippen molar-refractivity contribution < 1.29 is 14.7 Å². The van der Waals surface area contributed by atoms with E-state index in [0.29, 0.717) is 10.6 Å². The highest BCUT2D eigenvalue weighted by Gasteiger charge is 2.33. The molecule has 1 aliphatic carbocycles. The summed E-state index contributed by atoms with van der Waals surface area (Å²) in [5, 5.41) is 9.31. The lowest BCUT2D eigenvalue weighted by Crippen LogP contribution is -2.35. The molecule has 0 aromatic heterocycles. The van der Waals surface area contributed by atoms with Crippen LogP contribution in [0, 0.1) is 6.92 Å². The van der Waals surface area contributed by atoms with Gasteiger partial charge in [-0.3, -0.25) is 9.59 Å². The van der Waals surface area contributed by atoms with Gasteiger partial charge in [-0.1, -0.05) is 17.7 Å². The fraction of sp³-hybridized carbons (Fsp3) is 0.429. The fourth-order valence-electron chi connectivity index (χ4n) is 2.05. The zero-order chi connectivity index (χ0) is 14.0. The average molecular weight is 282 g/mol. The molecule has 0 aliphatic heterocycles. The van der Waals surface area contributed by atoms with Gasteiger partial charge in [0.15, 0.2) is 0 Å². The maximum Gasteiger partial charge on any atom is 0.305 e. The van der Waals surface area contributed by atoms with Gasteiger partial charge in [0, 0.05) is 23.2 Å². The molecular weight excluding hydrogens is 266 g/mol. The molecule has 0 spiro atoms. The second-order valence-corrected chi connectivity index (χ2v) is 5.19. The molecule has 4 nitrogen and oxygen atoms in total. The number of carbonyl (C=O) groups excluding carboxylic acids is 1. The predicted molar refractivity (Wildman–Crippen MR) is 72.5 cm³/mol. The van der Waals surface area contributed by atoms with E-state index in [4.69, 9.17) is 16.7 Å². The largest absolute Gasteiger partial charge is 0.481 e. The summed E-state index contributed by atoms with van der Waals surface area (Å²) in [4.78, 5) is 24.8. The minimum atomic E-state index is -0.888. The molecular formula is C14H16ClNO3. The number of aliphatic carboxylic acids is 1. The van der Waals surface area contributed by atoms with E-state index in [-0.39, 0.29) is 24.9 Å². The first-order chi connectivity index (χ1) is 9.00. The Bertz CT molecular complexity index is 511. The van der Waals surface area contributed by atoms with Crippen LogP contribution in [0.4, 0.5) is 0 Å². The van der Waals surface area contributed by atoms with Gasteiger partial charge in [0.05, 0.1) is 6.42 Å². The molecule has 102 valence electrons. The van der Waals surface area contributed by atoms with Crippen LogP contribution in [0.5, 0.6) is 0 Å².